The largest absolute Gasteiger partial charge is 0.396 e. The van der Waals surface area contributed by atoms with E-state index in [9.17, 15) is 8.42 Å². The Labute approximate surface area is 122 Å². The van der Waals surface area contributed by atoms with Crippen molar-refractivity contribution in [3.63, 3.8) is 0 Å². The zero-order chi connectivity index (χ0) is 14.4. The quantitative estimate of drug-likeness (QED) is 0.734. The summed E-state index contributed by atoms with van der Waals surface area (Å²) in [4.78, 5) is 0. The number of rotatable bonds is 7. The van der Waals surface area contributed by atoms with Gasteiger partial charge >= 0.3 is 0 Å². The molecule has 0 aromatic carbocycles. The normalized spacial score (nSPS) is 26.1. The molecule has 2 aliphatic rings. The van der Waals surface area contributed by atoms with Crippen LogP contribution in [-0.2, 0) is 10.0 Å². The van der Waals surface area contributed by atoms with Gasteiger partial charge in [0.2, 0.25) is 10.0 Å². The Morgan fingerprint density at radius 2 is 1.90 bits per heavy atom. The molecule has 0 aliphatic carbocycles. The minimum Gasteiger partial charge on any atom is -0.396 e. The van der Waals surface area contributed by atoms with E-state index in [1.165, 1.54) is 0 Å². The zero-order valence-electron chi connectivity index (χ0n) is 12.3. The highest BCUT2D eigenvalue weighted by atomic mass is 32.2. The monoisotopic (exact) mass is 304 g/mol. The molecule has 0 spiro atoms. The summed E-state index contributed by atoms with van der Waals surface area (Å²) in [7, 11) is -3.11. The maximum atomic E-state index is 12.5. The van der Waals surface area contributed by atoms with Crippen LogP contribution in [0.25, 0.3) is 0 Å². The molecule has 1 atom stereocenters. The van der Waals surface area contributed by atoms with Gasteiger partial charge in [-0.2, -0.15) is 4.31 Å². The Bertz CT molecular complexity index is 380. The molecule has 0 saturated carbocycles. The van der Waals surface area contributed by atoms with Crippen LogP contribution in [0.5, 0.6) is 0 Å². The molecule has 5 nitrogen and oxygen atoms in total. The Morgan fingerprint density at radius 3 is 2.60 bits per heavy atom. The number of hydrogen-bond acceptors (Lipinski definition) is 4. The molecule has 0 aromatic rings. The van der Waals surface area contributed by atoms with Crippen LogP contribution in [0.2, 0.25) is 0 Å². The Morgan fingerprint density at radius 1 is 1.15 bits per heavy atom. The van der Waals surface area contributed by atoms with Gasteiger partial charge in [-0.05, 0) is 64.0 Å². The van der Waals surface area contributed by atoms with Gasteiger partial charge in [-0.25, -0.2) is 8.42 Å². The summed E-state index contributed by atoms with van der Waals surface area (Å²) >= 11 is 0. The van der Waals surface area contributed by atoms with Crippen LogP contribution in [0.1, 0.15) is 44.9 Å². The van der Waals surface area contributed by atoms with Crippen LogP contribution >= 0.6 is 0 Å². The van der Waals surface area contributed by atoms with Gasteiger partial charge in [-0.3, -0.25) is 0 Å². The third-order valence-electron chi connectivity index (χ3n) is 4.62. The lowest BCUT2D eigenvalue weighted by atomic mass is 9.96. The van der Waals surface area contributed by atoms with Crippen molar-refractivity contribution >= 4 is 10.0 Å². The summed E-state index contributed by atoms with van der Waals surface area (Å²) in [5.41, 5.74) is 0. The average molecular weight is 304 g/mol. The molecule has 2 N–H and O–H groups in total. The summed E-state index contributed by atoms with van der Waals surface area (Å²) in [6.45, 7) is 2.87. The summed E-state index contributed by atoms with van der Waals surface area (Å²) in [5.74, 6) is 0.859. The standard InChI is InChI=1S/C14H28N2O3S/c17-11-2-4-14-3-1-10-16(14)20(18,19)12-7-13-5-8-15-9-6-13/h13-15,17H,1-12H2. The molecule has 0 radical (unpaired) electrons. The molecule has 118 valence electrons. The minimum atomic E-state index is -3.11. The second-order valence-electron chi connectivity index (χ2n) is 6.07. The van der Waals surface area contributed by atoms with Gasteiger partial charge in [0.1, 0.15) is 0 Å². The van der Waals surface area contributed by atoms with Crippen molar-refractivity contribution in [2.24, 2.45) is 5.92 Å². The molecule has 2 heterocycles. The van der Waals surface area contributed by atoms with Crippen molar-refractivity contribution in [2.45, 2.75) is 51.0 Å². The number of nitrogens with zero attached hydrogens (tertiary/aromatic N) is 1. The van der Waals surface area contributed by atoms with Crippen LogP contribution in [0.4, 0.5) is 0 Å². The topological polar surface area (TPSA) is 69.6 Å². The molecule has 0 amide bonds. The van der Waals surface area contributed by atoms with Gasteiger partial charge in [-0.15, -0.1) is 0 Å². The molecular formula is C14H28N2O3S. The average Bonchev–Trinajstić information content (AvgIpc) is 2.93. The molecule has 2 rings (SSSR count). The van der Waals surface area contributed by atoms with Gasteiger partial charge in [0.15, 0.2) is 0 Å². The van der Waals surface area contributed by atoms with E-state index in [1.807, 2.05) is 0 Å². The van der Waals surface area contributed by atoms with Gasteiger partial charge in [0.05, 0.1) is 5.75 Å². The van der Waals surface area contributed by atoms with Gasteiger partial charge in [0, 0.05) is 19.2 Å². The number of sulfonamides is 1. The maximum absolute atomic E-state index is 12.5. The van der Waals surface area contributed by atoms with Gasteiger partial charge < -0.3 is 10.4 Å². The van der Waals surface area contributed by atoms with Crippen LogP contribution in [0, 0.1) is 5.92 Å². The number of piperidine rings is 1. The van der Waals surface area contributed by atoms with Crippen molar-refractivity contribution in [1.29, 1.82) is 0 Å². The van der Waals surface area contributed by atoms with Crippen molar-refractivity contribution in [3.05, 3.63) is 0 Å². The summed E-state index contributed by atoms with van der Waals surface area (Å²) in [6.07, 6.45) is 6.41. The number of aliphatic hydroxyl groups excluding tert-OH is 1. The lowest BCUT2D eigenvalue weighted by Crippen LogP contribution is -2.38. The number of hydrogen-bond donors (Lipinski definition) is 2. The smallest absolute Gasteiger partial charge is 0.214 e. The minimum absolute atomic E-state index is 0.125. The summed E-state index contributed by atoms with van der Waals surface area (Å²) in [5, 5.41) is 12.2. The fraction of sp³-hybridized carbons (Fsp3) is 1.00. The number of aliphatic hydroxyl groups is 1. The van der Waals surface area contributed by atoms with E-state index in [1.54, 1.807) is 4.31 Å². The molecule has 1 unspecified atom stereocenters. The first kappa shape index (κ1) is 16.2. The molecule has 6 heteroatoms. The second-order valence-corrected chi connectivity index (χ2v) is 8.11. The lowest BCUT2D eigenvalue weighted by Gasteiger charge is -2.26. The summed E-state index contributed by atoms with van der Waals surface area (Å²) in [6, 6.07) is 0.125. The van der Waals surface area contributed by atoms with Crippen LogP contribution in [-0.4, -0.2) is 55.9 Å². The molecule has 20 heavy (non-hydrogen) atoms. The maximum Gasteiger partial charge on any atom is 0.214 e. The van der Waals surface area contributed by atoms with E-state index in [-0.39, 0.29) is 12.6 Å². The van der Waals surface area contributed by atoms with E-state index < -0.39 is 10.0 Å². The van der Waals surface area contributed by atoms with E-state index in [0.717, 1.165) is 51.6 Å². The fourth-order valence-electron chi connectivity index (χ4n) is 3.39. The predicted octanol–water partition coefficient (Wildman–Crippen LogP) is 0.943. The summed E-state index contributed by atoms with van der Waals surface area (Å²) < 4.78 is 26.7. The highest BCUT2D eigenvalue weighted by Gasteiger charge is 2.33. The Kier molecular flexibility index (Phi) is 6.26. The molecule has 2 saturated heterocycles. The molecule has 0 aromatic heterocycles. The highest BCUT2D eigenvalue weighted by Crippen LogP contribution is 2.26. The van der Waals surface area contributed by atoms with Gasteiger partial charge in [-0.1, -0.05) is 0 Å². The SMILES string of the molecule is O=S(=O)(CCC1CCNCC1)N1CCCC1CCCO. The Balaban J connectivity index is 1.84. The third kappa shape index (κ3) is 4.41. The molecule has 2 fully saturated rings. The van der Waals surface area contributed by atoms with E-state index >= 15 is 0 Å². The second kappa shape index (κ2) is 7.73. The van der Waals surface area contributed by atoms with Crippen LogP contribution < -0.4 is 5.32 Å². The molecular weight excluding hydrogens is 276 g/mol. The van der Waals surface area contributed by atoms with Crippen LogP contribution in [0.3, 0.4) is 0 Å². The lowest BCUT2D eigenvalue weighted by molar-refractivity contribution is 0.263. The van der Waals surface area contributed by atoms with E-state index in [4.69, 9.17) is 5.11 Å². The van der Waals surface area contributed by atoms with Crippen LogP contribution in [0.15, 0.2) is 0 Å². The van der Waals surface area contributed by atoms with Crippen molar-refractivity contribution in [2.75, 3.05) is 32.0 Å². The van der Waals surface area contributed by atoms with Crippen molar-refractivity contribution in [3.8, 4) is 0 Å². The molecule has 2 aliphatic heterocycles. The number of nitrogens with one attached hydrogen (secondary N) is 1. The first-order valence-corrected chi connectivity index (χ1v) is 9.55. The van der Waals surface area contributed by atoms with Crippen molar-refractivity contribution < 1.29 is 13.5 Å². The highest BCUT2D eigenvalue weighted by molar-refractivity contribution is 7.89. The zero-order valence-corrected chi connectivity index (χ0v) is 13.1. The van der Waals surface area contributed by atoms with E-state index in [2.05, 4.69) is 5.32 Å². The Hall–Kier alpha value is -0.170. The first-order chi connectivity index (χ1) is 9.63. The predicted molar refractivity (Wildman–Crippen MR) is 80.0 cm³/mol. The van der Waals surface area contributed by atoms with Gasteiger partial charge in [0.25, 0.3) is 0 Å². The fourth-order valence-corrected chi connectivity index (χ4v) is 5.33. The van der Waals surface area contributed by atoms with Crippen molar-refractivity contribution in [1.82, 2.24) is 9.62 Å². The third-order valence-corrected chi connectivity index (χ3v) is 6.57. The molecule has 0 bridgehead atoms. The first-order valence-electron chi connectivity index (χ1n) is 7.94. The van der Waals surface area contributed by atoms with E-state index in [0.29, 0.717) is 24.6 Å².